The first-order valence-corrected chi connectivity index (χ1v) is 9.77. The van der Waals surface area contributed by atoms with Crippen LogP contribution in [0.25, 0.3) is 0 Å². The molecule has 0 fully saturated rings. The maximum Gasteiger partial charge on any atom is 0.319 e. The van der Waals surface area contributed by atoms with Gasteiger partial charge in [0.25, 0.3) is 0 Å². The summed E-state index contributed by atoms with van der Waals surface area (Å²) in [4.78, 5) is 25.0. The maximum absolute atomic E-state index is 12.6. The first kappa shape index (κ1) is 21.5. The van der Waals surface area contributed by atoms with Crippen molar-refractivity contribution in [2.24, 2.45) is 0 Å². The summed E-state index contributed by atoms with van der Waals surface area (Å²) in [7, 11) is 0. The van der Waals surface area contributed by atoms with Gasteiger partial charge in [-0.15, -0.1) is 0 Å². The molecule has 0 heterocycles. The smallest absolute Gasteiger partial charge is 0.319 e. The third-order valence-corrected chi connectivity index (χ3v) is 4.76. The Morgan fingerprint density at radius 2 is 1.36 bits per heavy atom. The van der Waals surface area contributed by atoms with Crippen molar-refractivity contribution in [2.45, 2.75) is 59.4 Å². The fourth-order valence-electron chi connectivity index (χ4n) is 3.06. The van der Waals surface area contributed by atoms with E-state index in [1.165, 1.54) is 0 Å². The Bertz CT molecular complexity index is 817. The molecule has 2 aromatic rings. The van der Waals surface area contributed by atoms with Crippen molar-refractivity contribution in [1.82, 2.24) is 5.32 Å². The highest BCUT2D eigenvalue weighted by molar-refractivity contribution is 5.99. The zero-order valence-electron chi connectivity index (χ0n) is 17.6. The van der Waals surface area contributed by atoms with E-state index in [0.29, 0.717) is 0 Å². The standard InChI is InChI=1S/C23H31N3O2/c1-14(2)18-11-9-12-19(15(3)4)21(18)26-23(28)24-17(6)22(27)25-20-13-8-7-10-16(20)5/h7-15,17H,1-6H3,(H,25,27)(H2,24,26,28). The van der Waals surface area contributed by atoms with Gasteiger partial charge >= 0.3 is 6.03 Å². The lowest BCUT2D eigenvalue weighted by Gasteiger charge is -2.21. The van der Waals surface area contributed by atoms with Gasteiger partial charge in [-0.2, -0.15) is 0 Å². The number of carbonyl (C=O) groups is 2. The SMILES string of the molecule is Cc1ccccc1NC(=O)C(C)NC(=O)Nc1c(C(C)C)cccc1C(C)C. The Morgan fingerprint density at radius 1 is 0.786 bits per heavy atom. The van der Waals surface area contributed by atoms with Crippen LogP contribution in [-0.2, 0) is 4.79 Å². The fraction of sp³-hybridized carbons (Fsp3) is 0.391. The number of amides is 3. The second kappa shape index (κ2) is 9.40. The number of nitrogens with one attached hydrogen (secondary N) is 3. The van der Waals surface area contributed by atoms with Crippen LogP contribution in [0, 0.1) is 6.92 Å². The highest BCUT2D eigenvalue weighted by Crippen LogP contribution is 2.32. The summed E-state index contributed by atoms with van der Waals surface area (Å²) in [6, 6.07) is 12.6. The predicted octanol–water partition coefficient (Wildman–Crippen LogP) is 5.39. The molecule has 0 radical (unpaired) electrons. The monoisotopic (exact) mass is 381 g/mol. The molecule has 2 rings (SSSR count). The Morgan fingerprint density at radius 3 is 1.89 bits per heavy atom. The molecule has 5 nitrogen and oxygen atoms in total. The maximum atomic E-state index is 12.6. The van der Waals surface area contributed by atoms with Gasteiger partial charge in [-0.25, -0.2) is 4.79 Å². The topological polar surface area (TPSA) is 70.2 Å². The fourth-order valence-corrected chi connectivity index (χ4v) is 3.06. The normalized spacial score (nSPS) is 12.0. The van der Waals surface area contributed by atoms with Crippen LogP contribution in [0.1, 0.15) is 63.1 Å². The van der Waals surface area contributed by atoms with E-state index in [0.717, 1.165) is 28.1 Å². The van der Waals surface area contributed by atoms with Gasteiger partial charge in [0.2, 0.25) is 5.91 Å². The molecule has 0 aliphatic rings. The highest BCUT2D eigenvalue weighted by atomic mass is 16.2. The largest absolute Gasteiger partial charge is 0.326 e. The first-order chi connectivity index (χ1) is 13.2. The molecule has 5 heteroatoms. The molecule has 28 heavy (non-hydrogen) atoms. The van der Waals surface area contributed by atoms with E-state index in [-0.39, 0.29) is 23.8 Å². The van der Waals surface area contributed by atoms with Crippen LogP contribution in [0.15, 0.2) is 42.5 Å². The quantitative estimate of drug-likeness (QED) is 0.628. The lowest BCUT2D eigenvalue weighted by atomic mass is 9.93. The predicted molar refractivity (Wildman–Crippen MR) is 116 cm³/mol. The molecular formula is C23H31N3O2. The van der Waals surface area contributed by atoms with Crippen molar-refractivity contribution in [3.8, 4) is 0 Å². The van der Waals surface area contributed by atoms with Gasteiger partial charge in [-0.05, 0) is 48.4 Å². The lowest BCUT2D eigenvalue weighted by Crippen LogP contribution is -2.43. The van der Waals surface area contributed by atoms with Gasteiger partial charge in [0, 0.05) is 11.4 Å². The van der Waals surface area contributed by atoms with Crippen LogP contribution in [0.3, 0.4) is 0 Å². The summed E-state index contributed by atoms with van der Waals surface area (Å²) in [5.74, 6) is 0.289. The molecule has 0 aromatic heterocycles. The average Bonchev–Trinajstić information content (AvgIpc) is 2.63. The molecule has 0 saturated heterocycles. The second-order valence-corrected chi connectivity index (χ2v) is 7.75. The van der Waals surface area contributed by atoms with Gasteiger partial charge in [-0.1, -0.05) is 64.1 Å². The molecule has 0 aliphatic heterocycles. The number of para-hydroxylation sites is 2. The summed E-state index contributed by atoms with van der Waals surface area (Å²) in [6.07, 6.45) is 0. The minimum atomic E-state index is -0.673. The van der Waals surface area contributed by atoms with Crippen molar-refractivity contribution in [2.75, 3.05) is 10.6 Å². The molecular weight excluding hydrogens is 350 g/mol. The van der Waals surface area contributed by atoms with Gasteiger partial charge in [0.05, 0.1) is 0 Å². The molecule has 0 spiro atoms. The first-order valence-electron chi connectivity index (χ1n) is 9.77. The summed E-state index contributed by atoms with van der Waals surface area (Å²) in [5.41, 5.74) is 4.71. The van der Waals surface area contributed by atoms with Gasteiger partial charge in [0.1, 0.15) is 6.04 Å². The number of benzene rings is 2. The molecule has 0 aliphatic carbocycles. The van der Waals surface area contributed by atoms with E-state index in [4.69, 9.17) is 0 Å². The summed E-state index contributed by atoms with van der Waals surface area (Å²) >= 11 is 0. The van der Waals surface area contributed by atoms with Crippen molar-refractivity contribution in [3.63, 3.8) is 0 Å². The van der Waals surface area contributed by atoms with Gasteiger partial charge in [0.15, 0.2) is 0 Å². The van der Waals surface area contributed by atoms with E-state index in [9.17, 15) is 9.59 Å². The third kappa shape index (κ3) is 5.35. The molecule has 2 aromatic carbocycles. The van der Waals surface area contributed by atoms with Crippen LogP contribution >= 0.6 is 0 Å². The molecule has 0 saturated carbocycles. The van der Waals surface area contributed by atoms with Crippen LogP contribution in [0.4, 0.5) is 16.2 Å². The number of carbonyl (C=O) groups excluding carboxylic acids is 2. The minimum Gasteiger partial charge on any atom is -0.326 e. The van der Waals surface area contributed by atoms with Crippen LogP contribution in [0.2, 0.25) is 0 Å². The number of anilines is 2. The van der Waals surface area contributed by atoms with Crippen molar-refractivity contribution >= 4 is 23.3 Å². The van der Waals surface area contributed by atoms with E-state index in [2.05, 4.69) is 43.6 Å². The molecule has 3 N–H and O–H groups in total. The van der Waals surface area contributed by atoms with Gasteiger partial charge < -0.3 is 16.0 Å². The Labute approximate surface area is 167 Å². The number of rotatable bonds is 6. The number of urea groups is 1. The second-order valence-electron chi connectivity index (χ2n) is 7.75. The Kier molecular flexibility index (Phi) is 7.21. The Balaban J connectivity index is 2.09. The van der Waals surface area contributed by atoms with Crippen molar-refractivity contribution in [1.29, 1.82) is 0 Å². The average molecular weight is 382 g/mol. The minimum absolute atomic E-state index is 0.259. The van der Waals surface area contributed by atoms with E-state index >= 15 is 0 Å². The lowest BCUT2D eigenvalue weighted by molar-refractivity contribution is -0.117. The third-order valence-electron chi connectivity index (χ3n) is 4.76. The summed E-state index contributed by atoms with van der Waals surface area (Å²) < 4.78 is 0. The van der Waals surface area contributed by atoms with E-state index in [1.54, 1.807) is 6.92 Å². The van der Waals surface area contributed by atoms with Gasteiger partial charge in [-0.3, -0.25) is 4.79 Å². The van der Waals surface area contributed by atoms with Crippen LogP contribution < -0.4 is 16.0 Å². The van der Waals surface area contributed by atoms with E-state index < -0.39 is 6.04 Å². The summed E-state index contributed by atoms with van der Waals surface area (Å²) in [5, 5.41) is 8.57. The van der Waals surface area contributed by atoms with Crippen molar-refractivity contribution < 1.29 is 9.59 Å². The highest BCUT2D eigenvalue weighted by Gasteiger charge is 2.19. The number of hydrogen-bond donors (Lipinski definition) is 3. The van der Waals surface area contributed by atoms with Crippen molar-refractivity contribution in [3.05, 3.63) is 59.2 Å². The molecule has 150 valence electrons. The summed E-state index contributed by atoms with van der Waals surface area (Å²) in [6.45, 7) is 12.0. The zero-order chi connectivity index (χ0) is 20.8. The zero-order valence-corrected chi connectivity index (χ0v) is 17.6. The molecule has 1 atom stereocenters. The Hall–Kier alpha value is -2.82. The molecule has 0 bridgehead atoms. The number of aryl methyl sites for hydroxylation is 1. The van der Waals surface area contributed by atoms with Crippen LogP contribution in [0.5, 0.6) is 0 Å². The molecule has 1 unspecified atom stereocenters. The van der Waals surface area contributed by atoms with Crippen LogP contribution in [-0.4, -0.2) is 18.0 Å². The number of hydrogen-bond acceptors (Lipinski definition) is 2. The van der Waals surface area contributed by atoms with E-state index in [1.807, 2.05) is 49.4 Å². The molecule has 3 amide bonds.